The number of carbonyl (C=O) groups is 2. The number of methoxy groups -OCH3 is 1. The van der Waals surface area contributed by atoms with Crippen molar-refractivity contribution in [1.29, 1.82) is 0 Å². The van der Waals surface area contributed by atoms with Crippen molar-refractivity contribution in [1.82, 2.24) is 20.6 Å². The zero-order chi connectivity index (χ0) is 20.4. The maximum atomic E-state index is 12.7. The molecule has 1 aliphatic rings. The molecule has 0 aliphatic heterocycles. The highest BCUT2D eigenvalue weighted by atomic mass is 35.5. The summed E-state index contributed by atoms with van der Waals surface area (Å²) in [6, 6.07) is 14.4. The molecule has 0 radical (unpaired) electrons. The molecule has 0 spiro atoms. The van der Waals surface area contributed by atoms with Crippen LogP contribution in [0.4, 0.5) is 0 Å². The van der Waals surface area contributed by atoms with E-state index >= 15 is 0 Å². The summed E-state index contributed by atoms with van der Waals surface area (Å²) >= 11 is 5.97. The summed E-state index contributed by atoms with van der Waals surface area (Å²) < 4.78 is 6.98. The molecule has 0 fully saturated rings. The molecule has 148 valence electrons. The van der Waals surface area contributed by atoms with Gasteiger partial charge in [-0.3, -0.25) is 20.4 Å². The number of amides is 2. The SMILES string of the molecule is COc1ccc(Cl)cc1C(=O)NNC(=O)c1nn(-c2ccccc2)c2c1CCC2. The van der Waals surface area contributed by atoms with Gasteiger partial charge in [0.15, 0.2) is 5.69 Å². The molecule has 1 aromatic heterocycles. The number of benzene rings is 2. The minimum atomic E-state index is -0.531. The van der Waals surface area contributed by atoms with Crippen LogP contribution in [-0.2, 0) is 12.8 Å². The number of fused-ring (bicyclic) bond motifs is 1. The number of para-hydroxylation sites is 1. The summed E-state index contributed by atoms with van der Waals surface area (Å²) in [5, 5.41) is 4.90. The van der Waals surface area contributed by atoms with Crippen molar-refractivity contribution in [3.63, 3.8) is 0 Å². The van der Waals surface area contributed by atoms with Gasteiger partial charge in [-0.15, -0.1) is 0 Å². The molecule has 8 heteroatoms. The molecule has 0 unspecified atom stereocenters. The molecular weight excluding hydrogens is 392 g/mol. The van der Waals surface area contributed by atoms with E-state index in [0.717, 1.165) is 36.2 Å². The Morgan fingerprint density at radius 3 is 2.59 bits per heavy atom. The van der Waals surface area contributed by atoms with Gasteiger partial charge in [0, 0.05) is 16.3 Å². The van der Waals surface area contributed by atoms with Crippen LogP contribution in [0.2, 0.25) is 5.02 Å². The summed E-state index contributed by atoms with van der Waals surface area (Å²) in [5.74, 6) is -0.639. The lowest BCUT2D eigenvalue weighted by atomic mass is 10.2. The van der Waals surface area contributed by atoms with Crippen molar-refractivity contribution in [2.45, 2.75) is 19.3 Å². The molecule has 2 amide bonds. The van der Waals surface area contributed by atoms with Crippen LogP contribution >= 0.6 is 11.6 Å². The summed E-state index contributed by atoms with van der Waals surface area (Å²) in [6.07, 6.45) is 2.60. The molecule has 3 aromatic rings. The molecule has 0 saturated carbocycles. The fourth-order valence-corrected chi connectivity index (χ4v) is 3.67. The first-order valence-corrected chi connectivity index (χ1v) is 9.56. The van der Waals surface area contributed by atoms with Crippen LogP contribution in [0, 0.1) is 0 Å². The summed E-state index contributed by atoms with van der Waals surface area (Å²) in [4.78, 5) is 25.2. The predicted octanol–water partition coefficient (Wildman–Crippen LogP) is 3.10. The highest BCUT2D eigenvalue weighted by Gasteiger charge is 2.27. The van der Waals surface area contributed by atoms with Gasteiger partial charge in [-0.25, -0.2) is 4.68 Å². The van der Waals surface area contributed by atoms with Gasteiger partial charge in [-0.1, -0.05) is 29.8 Å². The molecule has 0 saturated heterocycles. The molecule has 7 nitrogen and oxygen atoms in total. The van der Waals surface area contributed by atoms with Crippen LogP contribution in [0.25, 0.3) is 5.69 Å². The first kappa shape index (κ1) is 19.0. The van der Waals surface area contributed by atoms with E-state index in [-0.39, 0.29) is 5.56 Å². The van der Waals surface area contributed by atoms with Gasteiger partial charge in [0.05, 0.1) is 18.4 Å². The Morgan fingerprint density at radius 2 is 1.83 bits per heavy atom. The van der Waals surface area contributed by atoms with Gasteiger partial charge in [-0.05, 0) is 49.6 Å². The van der Waals surface area contributed by atoms with Gasteiger partial charge < -0.3 is 4.74 Å². The number of ether oxygens (including phenoxy) is 1. The third-order valence-corrected chi connectivity index (χ3v) is 5.08. The summed E-state index contributed by atoms with van der Waals surface area (Å²) in [6.45, 7) is 0. The predicted molar refractivity (Wildman–Crippen MR) is 109 cm³/mol. The van der Waals surface area contributed by atoms with Crippen molar-refractivity contribution in [3.8, 4) is 11.4 Å². The molecule has 2 N–H and O–H groups in total. The van der Waals surface area contributed by atoms with Crippen molar-refractivity contribution in [3.05, 3.63) is 76.1 Å². The average molecular weight is 411 g/mol. The van der Waals surface area contributed by atoms with E-state index in [9.17, 15) is 9.59 Å². The number of hydrogen-bond donors (Lipinski definition) is 2. The van der Waals surface area contributed by atoms with Crippen molar-refractivity contribution in [2.75, 3.05) is 7.11 Å². The quantitative estimate of drug-likeness (QED) is 0.647. The third kappa shape index (κ3) is 3.69. The Balaban J connectivity index is 1.54. The number of halogens is 1. The highest BCUT2D eigenvalue weighted by Crippen LogP contribution is 2.28. The zero-order valence-corrected chi connectivity index (χ0v) is 16.5. The Bertz CT molecular complexity index is 1080. The molecular formula is C21H19ClN4O3. The van der Waals surface area contributed by atoms with Crippen LogP contribution in [0.15, 0.2) is 48.5 Å². The van der Waals surface area contributed by atoms with E-state index in [1.165, 1.54) is 13.2 Å². The van der Waals surface area contributed by atoms with Crippen LogP contribution in [0.1, 0.15) is 38.5 Å². The van der Waals surface area contributed by atoms with E-state index < -0.39 is 11.8 Å². The Morgan fingerprint density at radius 1 is 1.07 bits per heavy atom. The topological polar surface area (TPSA) is 85.2 Å². The zero-order valence-electron chi connectivity index (χ0n) is 15.7. The van der Waals surface area contributed by atoms with E-state index in [1.807, 2.05) is 30.3 Å². The second kappa shape index (κ2) is 7.97. The van der Waals surface area contributed by atoms with Crippen molar-refractivity contribution in [2.24, 2.45) is 0 Å². The van der Waals surface area contributed by atoms with Gasteiger partial charge >= 0.3 is 0 Å². The molecule has 1 heterocycles. The fourth-order valence-electron chi connectivity index (χ4n) is 3.50. The van der Waals surface area contributed by atoms with Crippen LogP contribution in [0.5, 0.6) is 5.75 Å². The lowest BCUT2D eigenvalue weighted by molar-refractivity contribution is 0.0841. The standard InChI is InChI=1S/C21H19ClN4O3/c1-29-18-11-10-13(22)12-16(18)20(27)23-24-21(28)19-15-8-5-9-17(15)26(25-19)14-6-3-2-4-7-14/h2-4,6-7,10-12H,5,8-9H2,1H3,(H,23,27)(H,24,28). The molecule has 29 heavy (non-hydrogen) atoms. The average Bonchev–Trinajstić information content (AvgIpc) is 3.35. The molecule has 1 aliphatic carbocycles. The smallest absolute Gasteiger partial charge is 0.290 e. The minimum Gasteiger partial charge on any atom is -0.496 e. The second-order valence-electron chi connectivity index (χ2n) is 6.63. The monoisotopic (exact) mass is 410 g/mol. The van der Waals surface area contributed by atoms with Gasteiger partial charge in [0.2, 0.25) is 0 Å². The lowest BCUT2D eigenvalue weighted by Gasteiger charge is -2.10. The molecule has 2 aromatic carbocycles. The molecule has 0 bridgehead atoms. The minimum absolute atomic E-state index is 0.223. The number of hydrogen-bond acceptors (Lipinski definition) is 4. The number of nitrogens with zero attached hydrogens (tertiary/aromatic N) is 2. The van der Waals surface area contributed by atoms with Gasteiger partial charge in [-0.2, -0.15) is 5.10 Å². The maximum absolute atomic E-state index is 12.7. The van der Waals surface area contributed by atoms with E-state index in [1.54, 1.807) is 16.8 Å². The number of hydrazine groups is 1. The maximum Gasteiger partial charge on any atom is 0.290 e. The van der Waals surface area contributed by atoms with Crippen molar-refractivity contribution >= 4 is 23.4 Å². The van der Waals surface area contributed by atoms with E-state index in [4.69, 9.17) is 16.3 Å². The number of rotatable bonds is 4. The number of nitrogens with one attached hydrogen (secondary N) is 2. The van der Waals surface area contributed by atoms with Crippen molar-refractivity contribution < 1.29 is 14.3 Å². The van der Waals surface area contributed by atoms with Gasteiger partial charge in [0.25, 0.3) is 11.8 Å². The largest absolute Gasteiger partial charge is 0.496 e. The first-order valence-electron chi connectivity index (χ1n) is 9.19. The number of aromatic nitrogens is 2. The first-order chi connectivity index (χ1) is 14.1. The van der Waals surface area contributed by atoms with E-state index in [0.29, 0.717) is 16.5 Å². The summed E-state index contributed by atoms with van der Waals surface area (Å²) in [7, 11) is 1.46. The highest BCUT2D eigenvalue weighted by molar-refractivity contribution is 6.31. The Labute approximate surface area is 172 Å². The number of carbonyl (C=O) groups excluding carboxylic acids is 2. The Hall–Kier alpha value is -3.32. The second-order valence-corrected chi connectivity index (χ2v) is 7.06. The van der Waals surface area contributed by atoms with E-state index in [2.05, 4.69) is 16.0 Å². The molecule has 4 rings (SSSR count). The van der Waals surface area contributed by atoms with Crippen LogP contribution < -0.4 is 15.6 Å². The van der Waals surface area contributed by atoms with Crippen LogP contribution in [0.3, 0.4) is 0 Å². The summed E-state index contributed by atoms with van der Waals surface area (Å²) in [5.41, 5.74) is 8.25. The van der Waals surface area contributed by atoms with Gasteiger partial charge in [0.1, 0.15) is 5.75 Å². The lowest BCUT2D eigenvalue weighted by Crippen LogP contribution is -2.42. The Kier molecular flexibility index (Phi) is 5.22. The third-order valence-electron chi connectivity index (χ3n) is 4.84. The normalized spacial score (nSPS) is 12.3. The van der Waals surface area contributed by atoms with Crippen LogP contribution in [-0.4, -0.2) is 28.7 Å². The fraction of sp³-hybridized carbons (Fsp3) is 0.190. The molecule has 0 atom stereocenters.